The van der Waals surface area contributed by atoms with E-state index in [-0.39, 0.29) is 11.4 Å². The van der Waals surface area contributed by atoms with E-state index in [9.17, 15) is 5.11 Å². The van der Waals surface area contributed by atoms with Crippen LogP contribution in [0.4, 0.5) is 28.0 Å². The maximum Gasteiger partial charge on any atom is 0.231 e. The van der Waals surface area contributed by atoms with Gasteiger partial charge >= 0.3 is 0 Å². The summed E-state index contributed by atoms with van der Waals surface area (Å²) in [5, 5.41) is 32.1. The molecule has 0 saturated carbocycles. The zero-order chi connectivity index (χ0) is 20.4. The fraction of sp³-hybridized carbons (Fsp3) is 0.158. The summed E-state index contributed by atoms with van der Waals surface area (Å²) in [4.78, 5) is 6.26. The third-order valence-corrected chi connectivity index (χ3v) is 5.08. The van der Waals surface area contributed by atoms with Gasteiger partial charge in [0.05, 0.1) is 22.1 Å². The Morgan fingerprint density at radius 2 is 1.83 bits per heavy atom. The lowest BCUT2D eigenvalue weighted by Crippen LogP contribution is -2.08. The number of fused-ring (bicyclic) bond motifs is 1. The predicted octanol–water partition coefficient (Wildman–Crippen LogP) is 5.63. The van der Waals surface area contributed by atoms with Gasteiger partial charge in [0, 0.05) is 27.2 Å². The van der Waals surface area contributed by atoms with Crippen molar-refractivity contribution in [2.24, 2.45) is 27.5 Å². The van der Waals surface area contributed by atoms with Crippen LogP contribution in [0.25, 0.3) is 10.2 Å². The Bertz CT molecular complexity index is 1190. The van der Waals surface area contributed by atoms with Crippen LogP contribution in [0.2, 0.25) is 0 Å². The van der Waals surface area contributed by atoms with Crippen LogP contribution < -0.4 is 4.90 Å². The summed E-state index contributed by atoms with van der Waals surface area (Å²) in [7, 11) is 5.49. The summed E-state index contributed by atoms with van der Waals surface area (Å²) in [6.07, 6.45) is 1.63. The van der Waals surface area contributed by atoms with Gasteiger partial charge in [-0.15, -0.1) is 20.5 Å². The third-order valence-electron chi connectivity index (χ3n) is 4.16. The first-order chi connectivity index (χ1) is 14.0. The van der Waals surface area contributed by atoms with Gasteiger partial charge in [-0.3, -0.25) is 0 Å². The first-order valence-corrected chi connectivity index (χ1v) is 9.55. The molecule has 0 amide bonds. The number of rotatable bonds is 5. The molecule has 0 fully saturated rings. The van der Waals surface area contributed by atoms with Crippen LogP contribution in [0.15, 0.2) is 69.1 Å². The van der Waals surface area contributed by atoms with E-state index < -0.39 is 0 Å². The summed E-state index contributed by atoms with van der Waals surface area (Å²) in [6, 6.07) is 13.0. The highest BCUT2D eigenvalue weighted by Crippen LogP contribution is 2.44. The van der Waals surface area contributed by atoms with E-state index in [0.717, 1.165) is 10.2 Å². The van der Waals surface area contributed by atoms with Crippen molar-refractivity contribution >= 4 is 49.6 Å². The van der Waals surface area contributed by atoms with Gasteiger partial charge in [0.15, 0.2) is 17.3 Å². The van der Waals surface area contributed by atoms with Gasteiger partial charge in [-0.1, -0.05) is 23.5 Å². The number of hydrogen-bond acceptors (Lipinski definition) is 9. The largest absolute Gasteiger partial charge is 0.504 e. The number of benzene rings is 2. The van der Waals surface area contributed by atoms with Crippen molar-refractivity contribution in [1.29, 1.82) is 0 Å². The fourth-order valence-corrected chi connectivity index (χ4v) is 3.45. The normalized spacial score (nSPS) is 11.8. The van der Waals surface area contributed by atoms with Gasteiger partial charge in [0.2, 0.25) is 5.13 Å². The molecule has 0 aliphatic carbocycles. The molecule has 0 aliphatic rings. The van der Waals surface area contributed by atoms with E-state index in [4.69, 9.17) is 0 Å². The molecule has 146 valence electrons. The Labute approximate surface area is 170 Å². The molecule has 4 aromatic rings. The lowest BCUT2D eigenvalue weighted by atomic mass is 10.2. The van der Waals surface area contributed by atoms with E-state index in [1.807, 2.05) is 49.3 Å². The van der Waals surface area contributed by atoms with Gasteiger partial charge in [-0.2, -0.15) is 5.10 Å². The number of aromatic hydroxyl groups is 1. The van der Waals surface area contributed by atoms with Crippen molar-refractivity contribution in [2.75, 3.05) is 19.0 Å². The Morgan fingerprint density at radius 1 is 1.00 bits per heavy atom. The van der Waals surface area contributed by atoms with Gasteiger partial charge < -0.3 is 10.0 Å². The number of para-hydroxylation sites is 1. The molecule has 0 aliphatic heterocycles. The van der Waals surface area contributed by atoms with Crippen molar-refractivity contribution in [3.8, 4) is 5.75 Å². The number of phenols is 1. The smallest absolute Gasteiger partial charge is 0.231 e. The summed E-state index contributed by atoms with van der Waals surface area (Å²) in [6.45, 7) is 0. The highest BCUT2D eigenvalue weighted by Gasteiger charge is 2.15. The summed E-state index contributed by atoms with van der Waals surface area (Å²) >= 11 is 1.43. The van der Waals surface area contributed by atoms with Gasteiger partial charge in [-0.25, -0.2) is 9.67 Å². The van der Waals surface area contributed by atoms with Gasteiger partial charge in [0.1, 0.15) is 5.69 Å². The van der Waals surface area contributed by atoms with Gasteiger partial charge in [0.25, 0.3) is 0 Å². The van der Waals surface area contributed by atoms with Crippen LogP contribution in [0, 0.1) is 0 Å². The minimum absolute atomic E-state index is 0.105. The quantitative estimate of drug-likeness (QED) is 0.434. The van der Waals surface area contributed by atoms with Crippen molar-refractivity contribution < 1.29 is 5.11 Å². The molecule has 0 bridgehead atoms. The number of phenolic OH excluding ortho intramolecular Hbond substituents is 1. The summed E-state index contributed by atoms with van der Waals surface area (Å²) in [5.74, 6) is 0.461. The van der Waals surface area contributed by atoms with E-state index in [0.29, 0.717) is 22.3 Å². The standard InChI is InChI=1S/C19H18N8OS/c1-26(2)14-9-8-13(18(28)17(14)24-23-16-10-11-20-27(16)3)22-25-19-21-12-6-4-5-7-15(12)29-19/h4-11,28H,1-3H3. The molecule has 1 N–H and O–H groups in total. The lowest BCUT2D eigenvalue weighted by Gasteiger charge is -2.16. The van der Waals surface area contributed by atoms with E-state index in [1.165, 1.54) is 11.3 Å². The van der Waals surface area contributed by atoms with Crippen LogP contribution in [0.5, 0.6) is 5.75 Å². The molecule has 9 nitrogen and oxygen atoms in total. The molecule has 2 aromatic carbocycles. The van der Waals surface area contributed by atoms with Crippen molar-refractivity contribution in [2.45, 2.75) is 0 Å². The topological polar surface area (TPSA) is 104 Å². The van der Waals surface area contributed by atoms with Crippen molar-refractivity contribution in [3.63, 3.8) is 0 Å². The van der Waals surface area contributed by atoms with Crippen molar-refractivity contribution in [1.82, 2.24) is 14.8 Å². The first kappa shape index (κ1) is 18.7. The Balaban J connectivity index is 1.70. The van der Waals surface area contributed by atoms with E-state index in [1.54, 1.807) is 30.1 Å². The number of thiazole rings is 1. The maximum absolute atomic E-state index is 10.8. The monoisotopic (exact) mass is 406 g/mol. The molecular weight excluding hydrogens is 388 g/mol. The number of aryl methyl sites for hydroxylation is 1. The first-order valence-electron chi connectivity index (χ1n) is 8.73. The van der Waals surface area contributed by atoms with Gasteiger partial charge in [-0.05, 0) is 24.3 Å². The van der Waals surface area contributed by atoms with Crippen LogP contribution >= 0.6 is 11.3 Å². The van der Waals surface area contributed by atoms with Crippen LogP contribution in [0.3, 0.4) is 0 Å². The van der Waals surface area contributed by atoms with E-state index in [2.05, 4.69) is 30.5 Å². The molecule has 0 spiro atoms. The number of anilines is 1. The average molecular weight is 406 g/mol. The third kappa shape index (κ3) is 3.83. The number of azo groups is 2. The summed E-state index contributed by atoms with van der Waals surface area (Å²) in [5.41, 5.74) is 2.16. The Morgan fingerprint density at radius 3 is 2.55 bits per heavy atom. The van der Waals surface area contributed by atoms with Crippen molar-refractivity contribution in [3.05, 3.63) is 48.7 Å². The number of hydrogen-bond donors (Lipinski definition) is 1. The zero-order valence-electron chi connectivity index (χ0n) is 16.1. The minimum Gasteiger partial charge on any atom is -0.504 e. The highest BCUT2D eigenvalue weighted by molar-refractivity contribution is 7.21. The molecule has 0 unspecified atom stereocenters. The fourth-order valence-electron chi connectivity index (χ4n) is 2.66. The van der Waals surface area contributed by atoms with Crippen LogP contribution in [-0.4, -0.2) is 34.0 Å². The molecule has 0 saturated heterocycles. The Kier molecular flexibility index (Phi) is 5.00. The number of aromatic nitrogens is 3. The van der Waals surface area contributed by atoms with Crippen LogP contribution in [-0.2, 0) is 7.05 Å². The molecule has 29 heavy (non-hydrogen) atoms. The summed E-state index contributed by atoms with van der Waals surface area (Å²) < 4.78 is 2.62. The second-order valence-electron chi connectivity index (χ2n) is 6.37. The van der Waals surface area contributed by atoms with E-state index >= 15 is 0 Å². The lowest BCUT2D eigenvalue weighted by molar-refractivity contribution is 0.477. The zero-order valence-corrected chi connectivity index (χ0v) is 16.9. The molecular formula is C19H18N8OS. The molecule has 4 rings (SSSR count). The van der Waals surface area contributed by atoms with Crippen LogP contribution in [0.1, 0.15) is 0 Å². The number of nitrogens with zero attached hydrogens (tertiary/aromatic N) is 8. The molecule has 2 aromatic heterocycles. The molecule has 0 radical (unpaired) electrons. The molecule has 0 atom stereocenters. The maximum atomic E-state index is 10.8. The second kappa shape index (κ2) is 7.76. The SMILES string of the molecule is CN(C)c1ccc(N=Nc2nc3ccccc3s2)c(O)c1N=Nc1ccnn1C. The molecule has 2 heterocycles. The molecule has 10 heteroatoms. The predicted molar refractivity (Wildman–Crippen MR) is 114 cm³/mol. The minimum atomic E-state index is -0.105. The Hall–Kier alpha value is -3.66. The highest BCUT2D eigenvalue weighted by atomic mass is 32.1. The second-order valence-corrected chi connectivity index (χ2v) is 7.38. The average Bonchev–Trinajstić information content (AvgIpc) is 3.31.